The average Bonchev–Trinajstić information content (AvgIpc) is 2.69. The molecule has 4 rings (SSSR count). The maximum Gasteiger partial charge on any atom is 0.258 e. The highest BCUT2D eigenvalue weighted by molar-refractivity contribution is 7.88. The van der Waals surface area contributed by atoms with Gasteiger partial charge in [-0.15, -0.1) is 0 Å². The van der Waals surface area contributed by atoms with E-state index in [4.69, 9.17) is 5.73 Å². The number of nitrogens with one attached hydrogen (secondary N) is 2. The summed E-state index contributed by atoms with van der Waals surface area (Å²) in [6, 6.07) is 10.7. The number of nitrogens with zero attached hydrogens (tertiary/aromatic N) is 3. The Morgan fingerprint density at radius 2 is 1.77 bits per heavy atom. The van der Waals surface area contributed by atoms with E-state index in [2.05, 4.69) is 20.0 Å². The SMILES string of the molecule is CS(=O)(=O)NC1CCC(Nc2ncc3c(N)cc(=O)n(-c4ccccc4)c3n2)CC1. The molecule has 2 heterocycles. The van der Waals surface area contributed by atoms with Gasteiger partial charge in [0.2, 0.25) is 16.0 Å². The molecule has 1 saturated carbocycles. The van der Waals surface area contributed by atoms with Crippen molar-refractivity contribution in [3.05, 3.63) is 52.9 Å². The van der Waals surface area contributed by atoms with Gasteiger partial charge in [-0.1, -0.05) is 18.2 Å². The van der Waals surface area contributed by atoms with Crippen molar-refractivity contribution in [3.63, 3.8) is 0 Å². The standard InChI is InChI=1S/C20H24N6O3S/c1-30(28,29)25-14-9-7-13(8-10-14)23-20-22-12-16-17(21)11-18(27)26(19(16)24-20)15-5-3-2-4-6-15/h2-6,11-14,25H,7-10,21H2,1H3,(H,22,23,24). The van der Waals surface area contributed by atoms with Crippen molar-refractivity contribution in [1.29, 1.82) is 0 Å². The number of fused-ring (bicyclic) bond motifs is 1. The molecule has 2 aromatic heterocycles. The number of nitrogens with two attached hydrogens (primary N) is 1. The molecule has 1 fully saturated rings. The molecule has 0 saturated heterocycles. The molecule has 1 aliphatic carbocycles. The fraction of sp³-hybridized carbons (Fsp3) is 0.350. The molecule has 3 aromatic rings. The maximum absolute atomic E-state index is 12.7. The summed E-state index contributed by atoms with van der Waals surface area (Å²) in [5, 5.41) is 3.92. The third-order valence-electron chi connectivity index (χ3n) is 5.25. The number of para-hydroxylation sites is 1. The minimum Gasteiger partial charge on any atom is -0.398 e. The van der Waals surface area contributed by atoms with Crippen LogP contribution in [0.5, 0.6) is 0 Å². The van der Waals surface area contributed by atoms with E-state index < -0.39 is 10.0 Å². The number of pyridine rings is 1. The normalized spacial score (nSPS) is 19.6. The van der Waals surface area contributed by atoms with Crippen molar-refractivity contribution in [2.24, 2.45) is 0 Å². The van der Waals surface area contributed by atoms with Gasteiger partial charge in [0.25, 0.3) is 5.56 Å². The highest BCUT2D eigenvalue weighted by Gasteiger charge is 2.24. The number of hydrogen-bond acceptors (Lipinski definition) is 7. The Kier molecular flexibility index (Phi) is 5.44. The number of sulfonamides is 1. The zero-order valence-corrected chi connectivity index (χ0v) is 17.4. The lowest BCUT2D eigenvalue weighted by Crippen LogP contribution is -2.39. The minimum absolute atomic E-state index is 0.0429. The van der Waals surface area contributed by atoms with Crippen LogP contribution in [0.2, 0.25) is 0 Å². The van der Waals surface area contributed by atoms with Crippen molar-refractivity contribution < 1.29 is 8.42 Å². The van der Waals surface area contributed by atoms with Gasteiger partial charge in [-0.05, 0) is 37.8 Å². The number of aromatic nitrogens is 3. The largest absolute Gasteiger partial charge is 0.398 e. The van der Waals surface area contributed by atoms with Crippen LogP contribution < -0.4 is 21.3 Å². The fourth-order valence-electron chi connectivity index (χ4n) is 3.86. The number of rotatable bonds is 5. The van der Waals surface area contributed by atoms with Crippen molar-refractivity contribution in [1.82, 2.24) is 19.3 Å². The van der Waals surface area contributed by atoms with Crippen LogP contribution in [0, 0.1) is 0 Å². The van der Waals surface area contributed by atoms with Crippen LogP contribution in [0.15, 0.2) is 47.4 Å². The summed E-state index contributed by atoms with van der Waals surface area (Å²) in [6.07, 6.45) is 5.85. The first kappa shape index (κ1) is 20.3. The van der Waals surface area contributed by atoms with Gasteiger partial charge < -0.3 is 11.1 Å². The fourth-order valence-corrected chi connectivity index (χ4v) is 4.70. The van der Waals surface area contributed by atoms with Gasteiger partial charge in [-0.2, -0.15) is 4.98 Å². The van der Waals surface area contributed by atoms with Crippen LogP contribution in [0.1, 0.15) is 25.7 Å². The highest BCUT2D eigenvalue weighted by atomic mass is 32.2. The highest BCUT2D eigenvalue weighted by Crippen LogP contribution is 2.24. The Morgan fingerprint density at radius 3 is 2.43 bits per heavy atom. The van der Waals surface area contributed by atoms with E-state index in [1.165, 1.54) is 16.9 Å². The van der Waals surface area contributed by atoms with Gasteiger partial charge in [0.05, 0.1) is 17.3 Å². The number of nitrogen functional groups attached to an aromatic ring is 1. The Bertz CT molecular complexity index is 1220. The molecule has 158 valence electrons. The van der Waals surface area contributed by atoms with Crippen LogP contribution in [-0.4, -0.2) is 41.3 Å². The Hall–Kier alpha value is -2.98. The molecular formula is C20H24N6O3S. The minimum atomic E-state index is -3.20. The van der Waals surface area contributed by atoms with Crippen molar-refractivity contribution in [2.45, 2.75) is 37.8 Å². The van der Waals surface area contributed by atoms with Gasteiger partial charge in [-0.25, -0.2) is 18.1 Å². The molecule has 0 aliphatic heterocycles. The summed E-state index contributed by atoms with van der Waals surface area (Å²) >= 11 is 0. The lowest BCUT2D eigenvalue weighted by atomic mass is 9.92. The van der Waals surface area contributed by atoms with E-state index in [0.717, 1.165) is 25.7 Å². The third-order valence-corrected chi connectivity index (χ3v) is 6.01. The van der Waals surface area contributed by atoms with Gasteiger partial charge in [0, 0.05) is 30.0 Å². The van der Waals surface area contributed by atoms with Crippen LogP contribution in [0.3, 0.4) is 0 Å². The van der Waals surface area contributed by atoms with E-state index in [1.807, 2.05) is 30.3 Å². The molecule has 10 heteroatoms. The van der Waals surface area contributed by atoms with Gasteiger partial charge in [0.1, 0.15) is 0 Å². The van der Waals surface area contributed by atoms with Gasteiger partial charge >= 0.3 is 0 Å². The summed E-state index contributed by atoms with van der Waals surface area (Å²) in [5.74, 6) is 0.414. The molecule has 1 aromatic carbocycles. The zero-order chi connectivity index (χ0) is 21.3. The first-order valence-corrected chi connectivity index (χ1v) is 11.7. The van der Waals surface area contributed by atoms with E-state index in [9.17, 15) is 13.2 Å². The number of hydrogen-bond donors (Lipinski definition) is 3. The molecule has 30 heavy (non-hydrogen) atoms. The van der Waals surface area contributed by atoms with Gasteiger partial charge in [0.15, 0.2) is 5.65 Å². The van der Waals surface area contributed by atoms with E-state index in [-0.39, 0.29) is 17.6 Å². The molecule has 0 atom stereocenters. The Labute approximate surface area is 174 Å². The molecule has 0 radical (unpaired) electrons. The predicted molar refractivity (Wildman–Crippen MR) is 117 cm³/mol. The van der Waals surface area contributed by atoms with Crippen molar-refractivity contribution >= 4 is 32.7 Å². The summed E-state index contributed by atoms with van der Waals surface area (Å²) in [4.78, 5) is 21.6. The summed E-state index contributed by atoms with van der Waals surface area (Å²) < 4.78 is 27.0. The van der Waals surface area contributed by atoms with E-state index in [0.29, 0.717) is 28.4 Å². The van der Waals surface area contributed by atoms with Crippen molar-refractivity contribution in [3.8, 4) is 5.69 Å². The van der Waals surface area contributed by atoms with Gasteiger partial charge in [-0.3, -0.25) is 9.36 Å². The molecular weight excluding hydrogens is 404 g/mol. The second-order valence-electron chi connectivity index (χ2n) is 7.62. The molecule has 9 nitrogen and oxygen atoms in total. The van der Waals surface area contributed by atoms with E-state index in [1.54, 1.807) is 6.20 Å². The predicted octanol–water partition coefficient (Wildman–Crippen LogP) is 1.64. The van der Waals surface area contributed by atoms with E-state index >= 15 is 0 Å². The molecule has 1 aliphatic rings. The molecule has 0 unspecified atom stereocenters. The second-order valence-corrected chi connectivity index (χ2v) is 9.40. The maximum atomic E-state index is 12.7. The second kappa shape index (κ2) is 8.04. The molecule has 0 bridgehead atoms. The van der Waals surface area contributed by atoms with Crippen LogP contribution in [0.4, 0.5) is 11.6 Å². The topological polar surface area (TPSA) is 132 Å². The lowest BCUT2D eigenvalue weighted by Gasteiger charge is -2.29. The summed E-state index contributed by atoms with van der Waals surface area (Å²) in [6.45, 7) is 0. The van der Waals surface area contributed by atoms with Crippen LogP contribution in [0.25, 0.3) is 16.7 Å². The zero-order valence-electron chi connectivity index (χ0n) is 16.6. The molecule has 0 amide bonds. The smallest absolute Gasteiger partial charge is 0.258 e. The lowest BCUT2D eigenvalue weighted by molar-refractivity contribution is 0.387. The van der Waals surface area contributed by atoms with Crippen molar-refractivity contribution in [2.75, 3.05) is 17.3 Å². The molecule has 4 N–H and O–H groups in total. The third kappa shape index (κ3) is 4.44. The number of benzene rings is 1. The first-order valence-electron chi connectivity index (χ1n) is 9.78. The summed E-state index contributed by atoms with van der Waals surface area (Å²) in [5.41, 5.74) is 7.25. The quantitative estimate of drug-likeness (QED) is 0.563. The van der Waals surface area contributed by atoms with Crippen LogP contribution in [-0.2, 0) is 10.0 Å². The summed E-state index contributed by atoms with van der Waals surface area (Å²) in [7, 11) is -3.20. The molecule has 0 spiro atoms. The Balaban J connectivity index is 1.60. The first-order chi connectivity index (χ1) is 14.3. The monoisotopic (exact) mass is 428 g/mol. The average molecular weight is 429 g/mol. The number of anilines is 2. The Morgan fingerprint density at radius 1 is 1.10 bits per heavy atom. The van der Waals surface area contributed by atoms with Crippen LogP contribution >= 0.6 is 0 Å².